The number of fused-ring (bicyclic) bond motifs is 1. The van der Waals surface area contributed by atoms with Gasteiger partial charge in [-0.25, -0.2) is 14.1 Å². The van der Waals surface area contributed by atoms with Crippen molar-refractivity contribution in [2.75, 3.05) is 25.5 Å². The minimum atomic E-state index is -0.633. The first-order valence-corrected chi connectivity index (χ1v) is 13.0. The lowest BCUT2D eigenvalue weighted by Gasteiger charge is -2.42. The van der Waals surface area contributed by atoms with Crippen LogP contribution >= 0.6 is 11.9 Å². The fourth-order valence-electron chi connectivity index (χ4n) is 4.55. The van der Waals surface area contributed by atoms with Crippen molar-refractivity contribution in [3.63, 3.8) is 0 Å². The molecule has 2 aliphatic heterocycles. The molecule has 0 aliphatic carbocycles. The minimum Gasteiger partial charge on any atom is -0.444 e. The minimum absolute atomic E-state index is 0.0848. The molecule has 10 nitrogen and oxygen atoms in total. The lowest BCUT2D eigenvalue weighted by atomic mass is 9.84. The van der Waals surface area contributed by atoms with Gasteiger partial charge < -0.3 is 25.7 Å². The van der Waals surface area contributed by atoms with Crippen molar-refractivity contribution >= 4 is 35.3 Å². The monoisotopic (exact) mass is 523 g/mol. The number of nitrogens with zero attached hydrogens (tertiary/aromatic N) is 4. The number of hydrogen-bond donors (Lipinski definition) is 3. The topological polar surface area (TPSA) is 140 Å². The third-order valence-corrected chi connectivity index (χ3v) is 7.38. The molecule has 3 heterocycles. The molecule has 37 heavy (non-hydrogen) atoms. The Balaban J connectivity index is 1.57. The Labute approximate surface area is 221 Å². The Morgan fingerprint density at radius 1 is 1.32 bits per heavy atom. The van der Waals surface area contributed by atoms with E-state index in [1.165, 1.54) is 4.90 Å². The number of amides is 1. The van der Waals surface area contributed by atoms with Crippen LogP contribution < -0.4 is 16.6 Å². The summed E-state index contributed by atoms with van der Waals surface area (Å²) in [4.78, 5) is 35.5. The highest BCUT2D eigenvalue weighted by atomic mass is 32.2. The van der Waals surface area contributed by atoms with Gasteiger partial charge in [-0.3, -0.25) is 4.79 Å². The number of aromatic nitrogens is 1. The number of pyridine rings is 1. The zero-order valence-corrected chi connectivity index (χ0v) is 22.4. The van der Waals surface area contributed by atoms with Gasteiger partial charge in [-0.1, -0.05) is 0 Å². The van der Waals surface area contributed by atoms with Crippen LogP contribution in [0.1, 0.15) is 51.2 Å². The van der Waals surface area contributed by atoms with E-state index in [0.29, 0.717) is 37.3 Å². The summed E-state index contributed by atoms with van der Waals surface area (Å²) >= 11 is 1.68. The number of piperidine rings is 1. The zero-order chi connectivity index (χ0) is 26.8. The van der Waals surface area contributed by atoms with Crippen molar-refractivity contribution < 1.29 is 9.53 Å². The van der Waals surface area contributed by atoms with Gasteiger partial charge in [0.15, 0.2) is 0 Å². The summed E-state index contributed by atoms with van der Waals surface area (Å²) in [6, 6.07) is 9.85. The van der Waals surface area contributed by atoms with E-state index in [2.05, 4.69) is 25.7 Å². The number of nitrogens with two attached hydrogens (primary N) is 1. The van der Waals surface area contributed by atoms with Crippen LogP contribution in [0.3, 0.4) is 0 Å². The van der Waals surface area contributed by atoms with Crippen LogP contribution in [0.4, 0.5) is 16.2 Å². The molecule has 1 saturated heterocycles. The average Bonchev–Trinajstić information content (AvgIpc) is 3.18. The van der Waals surface area contributed by atoms with Gasteiger partial charge in [0.05, 0.1) is 29.4 Å². The van der Waals surface area contributed by atoms with E-state index in [0.717, 1.165) is 12.1 Å². The molecule has 2 aromatic rings. The predicted octanol–water partition coefficient (Wildman–Crippen LogP) is 3.96. The summed E-state index contributed by atoms with van der Waals surface area (Å²) in [6.07, 6.45) is 2.40. The van der Waals surface area contributed by atoms with E-state index in [9.17, 15) is 14.9 Å². The van der Waals surface area contributed by atoms with Gasteiger partial charge in [-0.2, -0.15) is 5.26 Å². The zero-order valence-electron chi connectivity index (χ0n) is 21.6. The normalized spacial score (nSPS) is 17.7. The van der Waals surface area contributed by atoms with Gasteiger partial charge in [0.25, 0.3) is 5.56 Å². The van der Waals surface area contributed by atoms with Crippen molar-refractivity contribution in [3.05, 3.63) is 51.9 Å². The Hall–Kier alpha value is -3.49. The molecule has 196 valence electrons. The Morgan fingerprint density at radius 3 is 2.73 bits per heavy atom. The first-order valence-electron chi connectivity index (χ1n) is 12.2. The van der Waals surface area contributed by atoms with Crippen LogP contribution in [-0.2, 0) is 11.3 Å². The number of anilines is 1. The van der Waals surface area contributed by atoms with Crippen LogP contribution in [0.15, 0.2) is 45.1 Å². The molecule has 0 unspecified atom stereocenters. The van der Waals surface area contributed by atoms with Gasteiger partial charge in [-0.05, 0) is 82.4 Å². The fourth-order valence-corrected chi connectivity index (χ4v) is 5.46. The second kappa shape index (κ2) is 10.5. The number of hydrogen-bond acceptors (Lipinski definition) is 8. The SMILES string of the molecule is CN1Cc2cc(N=C(N)c3c(NC4(CC#N)CCN(C(=O)OC(C)(C)C)CC4)cc[nH]c3=O)ccc2S1. The van der Waals surface area contributed by atoms with Gasteiger partial charge in [-0.15, -0.1) is 0 Å². The fraction of sp³-hybridized carbons (Fsp3) is 0.462. The number of nitriles is 1. The van der Waals surface area contributed by atoms with E-state index < -0.39 is 11.1 Å². The molecule has 0 saturated carbocycles. The second-order valence-corrected chi connectivity index (χ2v) is 11.7. The highest BCUT2D eigenvalue weighted by molar-refractivity contribution is 7.97. The lowest BCUT2D eigenvalue weighted by Crippen LogP contribution is -2.52. The first kappa shape index (κ1) is 26.6. The van der Waals surface area contributed by atoms with Gasteiger partial charge >= 0.3 is 6.09 Å². The summed E-state index contributed by atoms with van der Waals surface area (Å²) < 4.78 is 7.63. The Morgan fingerprint density at radius 2 is 2.05 bits per heavy atom. The number of ether oxygens (including phenoxy) is 1. The summed E-state index contributed by atoms with van der Waals surface area (Å²) in [5.41, 5.74) is 7.34. The summed E-state index contributed by atoms with van der Waals surface area (Å²) in [6.45, 7) is 7.14. The smallest absolute Gasteiger partial charge is 0.410 e. The molecule has 0 radical (unpaired) electrons. The molecule has 1 amide bonds. The number of aliphatic imine (C=N–C) groups is 1. The van der Waals surface area contributed by atoms with Crippen molar-refractivity contribution in [1.29, 1.82) is 5.26 Å². The van der Waals surface area contributed by atoms with Crippen molar-refractivity contribution in [1.82, 2.24) is 14.2 Å². The number of likely N-dealkylation sites (tertiary alicyclic amines) is 1. The third kappa shape index (κ3) is 6.26. The first-order chi connectivity index (χ1) is 17.5. The molecular weight excluding hydrogens is 490 g/mol. The highest BCUT2D eigenvalue weighted by Crippen LogP contribution is 2.36. The average molecular weight is 524 g/mol. The maximum Gasteiger partial charge on any atom is 0.410 e. The summed E-state index contributed by atoms with van der Waals surface area (Å²) in [5.74, 6) is 0.0848. The molecular formula is C26H33N7O3S. The number of amidine groups is 1. The second-order valence-electron chi connectivity index (χ2n) is 10.5. The molecule has 2 aliphatic rings. The van der Waals surface area contributed by atoms with Crippen LogP contribution in [-0.4, -0.2) is 57.4 Å². The van der Waals surface area contributed by atoms with Crippen LogP contribution in [0.2, 0.25) is 0 Å². The number of carbonyl (C=O) groups is 1. The Bertz CT molecular complexity index is 1300. The number of aromatic amines is 1. The van der Waals surface area contributed by atoms with E-state index in [4.69, 9.17) is 10.5 Å². The van der Waals surface area contributed by atoms with Gasteiger partial charge in [0.2, 0.25) is 0 Å². The predicted molar refractivity (Wildman–Crippen MR) is 145 cm³/mol. The van der Waals surface area contributed by atoms with Gasteiger partial charge in [0.1, 0.15) is 17.0 Å². The van der Waals surface area contributed by atoms with E-state index in [-0.39, 0.29) is 29.5 Å². The summed E-state index contributed by atoms with van der Waals surface area (Å²) in [5, 5.41) is 13.0. The molecule has 1 aromatic carbocycles. The van der Waals surface area contributed by atoms with E-state index in [1.54, 1.807) is 29.1 Å². The molecule has 11 heteroatoms. The largest absolute Gasteiger partial charge is 0.444 e. The molecule has 1 fully saturated rings. The van der Waals surface area contributed by atoms with Crippen molar-refractivity contribution in [3.8, 4) is 6.07 Å². The molecule has 4 N–H and O–H groups in total. The van der Waals surface area contributed by atoms with E-state index >= 15 is 0 Å². The molecule has 1 aromatic heterocycles. The van der Waals surface area contributed by atoms with Crippen LogP contribution in [0.25, 0.3) is 0 Å². The molecule has 0 bridgehead atoms. The quantitative estimate of drug-likeness (QED) is 0.304. The third-order valence-electron chi connectivity index (χ3n) is 6.35. The Kier molecular flexibility index (Phi) is 7.52. The summed E-state index contributed by atoms with van der Waals surface area (Å²) in [7, 11) is 2.03. The van der Waals surface area contributed by atoms with Crippen molar-refractivity contribution in [2.45, 2.75) is 62.6 Å². The van der Waals surface area contributed by atoms with Gasteiger partial charge in [0, 0.05) is 30.7 Å². The molecule has 4 rings (SSSR count). The molecule has 0 atom stereocenters. The maximum absolute atomic E-state index is 12.9. The maximum atomic E-state index is 12.9. The van der Waals surface area contributed by atoms with Crippen molar-refractivity contribution in [2.24, 2.45) is 10.7 Å². The number of nitrogens with one attached hydrogen (secondary N) is 2. The van der Waals surface area contributed by atoms with Crippen LogP contribution in [0.5, 0.6) is 0 Å². The number of H-pyrrole nitrogens is 1. The highest BCUT2D eigenvalue weighted by Gasteiger charge is 2.38. The number of carbonyl (C=O) groups excluding carboxylic acids is 1. The number of benzene rings is 1. The standard InChI is InChI=1S/C26H33N7O3S/c1-25(2,3)36-24(35)33-13-9-26(8-11-27,10-14-33)31-19-7-12-29-23(34)21(19)22(28)30-18-5-6-20-17(15-18)16-32(4)37-20/h5-7,12,15H,8-10,13-14,16H2,1-4H3,(H2,28,30)(H2,29,31,34). The van der Waals surface area contributed by atoms with E-state index in [1.807, 2.05) is 46.0 Å². The molecule has 0 spiro atoms. The van der Waals surface area contributed by atoms with Crippen LogP contribution in [0, 0.1) is 11.3 Å². The number of rotatable bonds is 5. The lowest BCUT2D eigenvalue weighted by molar-refractivity contribution is 0.0179.